The number of rotatable bonds is 3. The molecule has 0 radical (unpaired) electrons. The minimum absolute atomic E-state index is 0.0860. The lowest BCUT2D eigenvalue weighted by Gasteiger charge is -2.17. The van der Waals surface area contributed by atoms with Crippen molar-refractivity contribution in [3.05, 3.63) is 9.66 Å². The van der Waals surface area contributed by atoms with E-state index in [1.165, 1.54) is 29.5 Å². The topological polar surface area (TPSA) is 20.2 Å². The van der Waals surface area contributed by atoms with Crippen molar-refractivity contribution in [3.8, 4) is 0 Å². The number of aliphatic hydroxyl groups excluding tert-OH is 1. The third-order valence-electron chi connectivity index (χ3n) is 1.40. The van der Waals surface area contributed by atoms with E-state index in [0.717, 1.165) is 0 Å². The molecule has 7 heteroatoms. The van der Waals surface area contributed by atoms with Crippen LogP contribution in [-0.4, -0.2) is 23.3 Å². The van der Waals surface area contributed by atoms with Gasteiger partial charge in [-0.25, -0.2) is 0 Å². The highest BCUT2D eigenvalue weighted by Gasteiger charge is 2.56. The first-order chi connectivity index (χ1) is 6.12. The summed E-state index contributed by atoms with van der Waals surface area (Å²) < 4.78 is 59.4. The van der Waals surface area contributed by atoms with Crippen molar-refractivity contribution in [2.24, 2.45) is 0 Å². The molecule has 0 aromatic heterocycles. The Hall–Kier alpha value is 0.0800. The van der Waals surface area contributed by atoms with Crippen molar-refractivity contribution in [1.82, 2.24) is 0 Å². The van der Waals surface area contributed by atoms with Crippen molar-refractivity contribution in [1.29, 1.82) is 0 Å². The average molecular weight is 330 g/mol. The van der Waals surface area contributed by atoms with Gasteiger partial charge in [0.2, 0.25) is 0 Å². The van der Waals surface area contributed by atoms with Crippen LogP contribution in [0.25, 0.3) is 0 Å². The summed E-state index contributed by atoms with van der Waals surface area (Å²) in [6.45, 7) is 1.48. The molecule has 0 aromatic rings. The van der Waals surface area contributed by atoms with Crippen LogP contribution in [0.15, 0.2) is 9.66 Å². The Morgan fingerprint density at radius 2 is 1.79 bits per heavy atom. The molecule has 0 amide bonds. The fourth-order valence-corrected chi connectivity index (χ4v) is 1.38. The standard InChI is InChI=1S/C7H8F5IO/c1-2-5(14)4(13)3-6(8,9)7(10,11)12/h3,5,14H,2H2,1H3. The molecule has 0 aliphatic carbocycles. The Balaban J connectivity index is 4.79. The first-order valence-electron chi connectivity index (χ1n) is 3.62. The van der Waals surface area contributed by atoms with Gasteiger partial charge in [0.25, 0.3) is 0 Å². The van der Waals surface area contributed by atoms with Gasteiger partial charge < -0.3 is 5.11 Å². The maximum absolute atomic E-state index is 12.4. The third kappa shape index (κ3) is 3.68. The second kappa shape index (κ2) is 4.73. The first-order valence-corrected chi connectivity index (χ1v) is 4.70. The van der Waals surface area contributed by atoms with Crippen LogP contribution in [0.2, 0.25) is 0 Å². The number of hydrogen-bond donors (Lipinski definition) is 1. The monoisotopic (exact) mass is 330 g/mol. The van der Waals surface area contributed by atoms with Gasteiger partial charge in [0.05, 0.1) is 6.10 Å². The van der Waals surface area contributed by atoms with E-state index in [1.54, 1.807) is 0 Å². The maximum atomic E-state index is 12.4. The summed E-state index contributed by atoms with van der Waals surface area (Å²) in [6, 6.07) is 0. The first kappa shape index (κ1) is 14.1. The Bertz CT molecular complexity index is 223. The smallest absolute Gasteiger partial charge is 0.388 e. The summed E-state index contributed by atoms with van der Waals surface area (Å²) in [5, 5.41) is 8.98. The number of allylic oxidation sites excluding steroid dienone is 1. The fraction of sp³-hybridized carbons (Fsp3) is 0.714. The van der Waals surface area contributed by atoms with Gasteiger partial charge in [-0.05, 0) is 29.0 Å². The lowest BCUT2D eigenvalue weighted by Crippen LogP contribution is -2.34. The largest absolute Gasteiger partial charge is 0.457 e. The summed E-state index contributed by atoms with van der Waals surface area (Å²) in [4.78, 5) is 0. The van der Waals surface area contributed by atoms with E-state index in [1.807, 2.05) is 0 Å². The van der Waals surface area contributed by atoms with Gasteiger partial charge in [-0.3, -0.25) is 0 Å². The van der Waals surface area contributed by atoms with Crippen molar-refractivity contribution >= 4 is 22.6 Å². The molecule has 0 heterocycles. The second-order valence-corrected chi connectivity index (χ2v) is 3.82. The minimum Gasteiger partial charge on any atom is -0.388 e. The van der Waals surface area contributed by atoms with Gasteiger partial charge in [-0.1, -0.05) is 6.92 Å². The van der Waals surface area contributed by atoms with Gasteiger partial charge >= 0.3 is 12.1 Å². The summed E-state index contributed by atoms with van der Waals surface area (Å²) in [6.07, 6.45) is -7.06. The van der Waals surface area contributed by atoms with Gasteiger partial charge in [0.1, 0.15) is 0 Å². The SMILES string of the molecule is CCC(O)C(I)=CC(F)(F)C(F)(F)F. The van der Waals surface area contributed by atoms with Crippen LogP contribution < -0.4 is 0 Å². The zero-order valence-electron chi connectivity index (χ0n) is 7.08. The van der Waals surface area contributed by atoms with Crippen LogP contribution in [0.4, 0.5) is 22.0 Å². The Morgan fingerprint density at radius 1 is 1.36 bits per heavy atom. The third-order valence-corrected chi connectivity index (χ3v) is 2.43. The van der Waals surface area contributed by atoms with Crippen LogP contribution in [-0.2, 0) is 0 Å². The Morgan fingerprint density at radius 3 is 2.07 bits per heavy atom. The van der Waals surface area contributed by atoms with E-state index in [0.29, 0.717) is 0 Å². The lowest BCUT2D eigenvalue weighted by atomic mass is 10.2. The summed E-state index contributed by atoms with van der Waals surface area (Å²) in [5.41, 5.74) is 0. The second-order valence-electron chi connectivity index (χ2n) is 2.57. The van der Waals surface area contributed by atoms with Crippen LogP contribution in [0, 0.1) is 0 Å². The average Bonchev–Trinajstić information content (AvgIpc) is 2.00. The summed E-state index contributed by atoms with van der Waals surface area (Å²) in [7, 11) is 0. The Kier molecular flexibility index (Phi) is 4.76. The fourth-order valence-electron chi connectivity index (χ4n) is 0.546. The van der Waals surface area contributed by atoms with Crippen LogP contribution in [0.1, 0.15) is 13.3 Å². The zero-order chi connectivity index (χ0) is 11.6. The molecular weight excluding hydrogens is 322 g/mol. The quantitative estimate of drug-likeness (QED) is 0.622. The lowest BCUT2D eigenvalue weighted by molar-refractivity contribution is -0.259. The molecule has 0 aromatic carbocycles. The van der Waals surface area contributed by atoms with Crippen molar-refractivity contribution < 1.29 is 27.1 Å². The highest BCUT2D eigenvalue weighted by Crippen LogP contribution is 2.38. The Labute approximate surface area is 91.1 Å². The van der Waals surface area contributed by atoms with E-state index < -0.39 is 21.8 Å². The molecule has 84 valence electrons. The highest BCUT2D eigenvalue weighted by atomic mass is 127. The van der Waals surface area contributed by atoms with Gasteiger partial charge in [0.15, 0.2) is 0 Å². The van der Waals surface area contributed by atoms with Gasteiger partial charge in [-0.2, -0.15) is 22.0 Å². The molecule has 14 heavy (non-hydrogen) atoms. The van der Waals surface area contributed by atoms with Crippen LogP contribution in [0.5, 0.6) is 0 Å². The predicted molar refractivity (Wildman–Crippen MR) is 49.4 cm³/mol. The number of aliphatic hydroxyl groups is 1. The molecule has 0 spiro atoms. The van der Waals surface area contributed by atoms with Gasteiger partial charge in [-0.15, -0.1) is 0 Å². The molecule has 0 bridgehead atoms. The molecule has 1 unspecified atom stereocenters. The zero-order valence-corrected chi connectivity index (χ0v) is 9.23. The maximum Gasteiger partial charge on any atom is 0.457 e. The van der Waals surface area contributed by atoms with Crippen molar-refractivity contribution in [2.75, 3.05) is 0 Å². The van der Waals surface area contributed by atoms with Gasteiger partial charge in [0, 0.05) is 9.66 Å². The number of alkyl halides is 5. The molecular formula is C7H8F5IO. The predicted octanol–water partition coefficient (Wildman–Crippen LogP) is 3.27. The number of halogens is 6. The normalized spacial score (nSPS) is 17.0. The number of hydrogen-bond acceptors (Lipinski definition) is 1. The van der Waals surface area contributed by atoms with E-state index in [2.05, 4.69) is 0 Å². The molecule has 1 N–H and O–H groups in total. The molecule has 0 aliphatic rings. The van der Waals surface area contributed by atoms with Crippen LogP contribution in [0.3, 0.4) is 0 Å². The van der Waals surface area contributed by atoms with E-state index in [9.17, 15) is 22.0 Å². The van der Waals surface area contributed by atoms with Crippen LogP contribution >= 0.6 is 22.6 Å². The highest BCUT2D eigenvalue weighted by molar-refractivity contribution is 14.1. The molecule has 0 fully saturated rings. The summed E-state index contributed by atoms with van der Waals surface area (Å²) >= 11 is 1.26. The van der Waals surface area contributed by atoms with Crippen molar-refractivity contribution in [3.63, 3.8) is 0 Å². The molecule has 1 atom stereocenters. The van der Waals surface area contributed by atoms with E-state index >= 15 is 0 Å². The summed E-state index contributed by atoms with van der Waals surface area (Å²) in [5.74, 6) is -4.89. The molecule has 0 rings (SSSR count). The van der Waals surface area contributed by atoms with E-state index in [-0.39, 0.29) is 12.5 Å². The molecule has 1 nitrogen and oxygen atoms in total. The molecule has 0 aliphatic heterocycles. The molecule has 0 saturated heterocycles. The minimum atomic E-state index is -5.61. The van der Waals surface area contributed by atoms with Crippen molar-refractivity contribution in [2.45, 2.75) is 31.5 Å². The molecule has 0 saturated carbocycles. The van der Waals surface area contributed by atoms with E-state index in [4.69, 9.17) is 5.11 Å².